The van der Waals surface area contributed by atoms with Gasteiger partial charge in [0.2, 0.25) is 0 Å². The van der Waals surface area contributed by atoms with Gasteiger partial charge in [0.1, 0.15) is 0 Å². The van der Waals surface area contributed by atoms with E-state index in [2.05, 4.69) is 70.0 Å². The van der Waals surface area contributed by atoms with Crippen LogP contribution in [0.1, 0.15) is 152 Å². The summed E-state index contributed by atoms with van der Waals surface area (Å²) in [5.41, 5.74) is 0. The van der Waals surface area contributed by atoms with Crippen molar-refractivity contribution in [2.24, 2.45) is 0 Å². The third-order valence-electron chi connectivity index (χ3n) is 8.96. The Morgan fingerprint density at radius 2 is 0.714 bits per heavy atom. The Balaban J connectivity index is 1.30. The van der Waals surface area contributed by atoms with Gasteiger partial charge in [0.05, 0.1) is 0 Å². The Labute approximate surface area is 281 Å². The second kappa shape index (κ2) is 19.2. The van der Waals surface area contributed by atoms with E-state index < -0.39 is 0 Å². The smallest absolute Gasteiger partial charge is 0.0436 e. The van der Waals surface area contributed by atoms with Crippen LogP contribution in [0.5, 0.6) is 0 Å². The lowest BCUT2D eigenvalue weighted by atomic mass is 10.0. The number of thiophene rings is 2. The molecule has 0 saturated carbocycles. The van der Waals surface area contributed by atoms with Gasteiger partial charge < -0.3 is 0 Å². The molecule has 0 atom stereocenters. The highest BCUT2D eigenvalue weighted by Gasteiger charge is 2.16. The van der Waals surface area contributed by atoms with Crippen molar-refractivity contribution >= 4 is 85.5 Å². The molecule has 0 spiro atoms. The van der Waals surface area contributed by atoms with Crippen molar-refractivity contribution in [2.75, 3.05) is 0 Å². The second-order valence-corrected chi connectivity index (χ2v) is 16.6. The first-order valence-electron chi connectivity index (χ1n) is 17.4. The maximum Gasteiger partial charge on any atom is 0.0436 e. The summed E-state index contributed by atoms with van der Waals surface area (Å²) in [6, 6.07) is 9.70. The maximum absolute atomic E-state index is 3.96. The van der Waals surface area contributed by atoms with Gasteiger partial charge in [0, 0.05) is 49.6 Å². The summed E-state index contributed by atoms with van der Waals surface area (Å²) in [6.07, 6.45) is 30.4. The van der Waals surface area contributed by atoms with Crippen LogP contribution in [-0.2, 0) is 12.8 Å². The van der Waals surface area contributed by atoms with Gasteiger partial charge in [0.25, 0.3) is 0 Å². The minimum atomic E-state index is 1.22. The summed E-state index contributed by atoms with van der Waals surface area (Å²) in [7, 11) is 0. The molecule has 42 heavy (non-hydrogen) atoms. The van der Waals surface area contributed by atoms with Gasteiger partial charge in [-0.1, -0.05) is 161 Å². The van der Waals surface area contributed by atoms with E-state index in [0.29, 0.717) is 0 Å². The topological polar surface area (TPSA) is 0 Å². The first-order chi connectivity index (χ1) is 20.6. The van der Waals surface area contributed by atoms with Gasteiger partial charge in [-0.2, -0.15) is 0 Å². The van der Waals surface area contributed by atoms with Crippen LogP contribution < -0.4 is 0 Å². The molecular weight excluding hydrogens is 680 g/mol. The van der Waals surface area contributed by atoms with Gasteiger partial charge in [-0.15, -0.1) is 22.7 Å². The van der Waals surface area contributed by atoms with Crippen molar-refractivity contribution in [2.45, 2.75) is 155 Å². The molecule has 4 aromatic rings. The van der Waals surface area contributed by atoms with Crippen LogP contribution in [0.25, 0.3) is 30.9 Å². The van der Waals surface area contributed by atoms with Gasteiger partial charge in [-0.25, -0.2) is 0 Å². The molecule has 4 heteroatoms. The summed E-state index contributed by atoms with van der Waals surface area (Å²) in [6.45, 7) is 4.60. The predicted octanol–water partition coefficient (Wildman–Crippen LogP) is 15.7. The van der Waals surface area contributed by atoms with E-state index in [1.807, 2.05) is 22.7 Å². The van der Waals surface area contributed by atoms with Crippen molar-refractivity contribution < 1.29 is 0 Å². The summed E-state index contributed by atoms with van der Waals surface area (Å²) in [4.78, 5) is 3.09. The number of rotatable bonds is 22. The number of fused-ring (bicyclic) bond motifs is 5. The molecule has 0 saturated heterocycles. The maximum atomic E-state index is 3.96. The molecule has 0 aliphatic heterocycles. The molecule has 0 aliphatic rings. The molecule has 0 amide bonds. The Bertz CT molecular complexity index is 1240. The Morgan fingerprint density at radius 3 is 1.05 bits per heavy atom. The monoisotopic (exact) mass is 732 g/mol. The third kappa shape index (κ3) is 10.3. The highest BCUT2D eigenvalue weighted by Crippen LogP contribution is 2.45. The average Bonchev–Trinajstić information content (AvgIpc) is 3.62. The normalized spacial score (nSPS) is 12.0. The van der Waals surface area contributed by atoms with Gasteiger partial charge >= 0.3 is 0 Å². The molecule has 0 radical (unpaired) electrons. The quantitative estimate of drug-likeness (QED) is 0.0706. The summed E-state index contributed by atoms with van der Waals surface area (Å²) < 4.78 is 5.41. The van der Waals surface area contributed by atoms with E-state index in [1.54, 1.807) is 9.75 Å². The minimum absolute atomic E-state index is 1.22. The van der Waals surface area contributed by atoms with Crippen molar-refractivity contribution in [1.29, 1.82) is 0 Å². The van der Waals surface area contributed by atoms with Crippen molar-refractivity contribution in [3.05, 3.63) is 43.0 Å². The first kappa shape index (κ1) is 34.5. The van der Waals surface area contributed by atoms with Crippen molar-refractivity contribution in [3.63, 3.8) is 0 Å². The molecule has 2 aromatic heterocycles. The summed E-state index contributed by atoms with van der Waals surface area (Å²) in [5, 5.41) is 5.62. The van der Waals surface area contributed by atoms with E-state index in [1.165, 1.54) is 181 Å². The van der Waals surface area contributed by atoms with Crippen molar-refractivity contribution in [1.82, 2.24) is 0 Å². The number of halogens is 2. The lowest BCUT2D eigenvalue weighted by Gasteiger charge is -2.05. The van der Waals surface area contributed by atoms with E-state index in [4.69, 9.17) is 0 Å². The molecule has 0 N–H and O–H groups in total. The van der Waals surface area contributed by atoms with Crippen molar-refractivity contribution in [3.8, 4) is 0 Å². The largest absolute Gasteiger partial charge is 0.140 e. The average molecular weight is 735 g/mol. The molecule has 0 bridgehead atoms. The van der Waals surface area contributed by atoms with E-state index in [0.717, 1.165) is 0 Å². The molecule has 0 fully saturated rings. The van der Waals surface area contributed by atoms with Crippen LogP contribution in [0.3, 0.4) is 0 Å². The lowest BCUT2D eigenvalue weighted by Crippen LogP contribution is -1.84. The van der Waals surface area contributed by atoms with E-state index in [-0.39, 0.29) is 0 Å². The fourth-order valence-corrected chi connectivity index (χ4v) is 10.2. The minimum Gasteiger partial charge on any atom is -0.140 e. The third-order valence-corrected chi connectivity index (χ3v) is 12.7. The van der Waals surface area contributed by atoms with Gasteiger partial charge in [-0.3, -0.25) is 0 Å². The number of aryl methyl sites for hydroxylation is 2. The lowest BCUT2D eigenvalue weighted by molar-refractivity contribution is 0.557. The van der Waals surface area contributed by atoms with Gasteiger partial charge in [-0.05, 0) is 49.9 Å². The van der Waals surface area contributed by atoms with Crippen LogP contribution in [0.4, 0.5) is 0 Å². The number of unbranched alkanes of at least 4 members (excludes halogenated alkanes) is 18. The molecular formula is C38H54Br2S2. The van der Waals surface area contributed by atoms with Crippen LogP contribution in [-0.4, -0.2) is 0 Å². The Morgan fingerprint density at radius 1 is 0.405 bits per heavy atom. The first-order valence-corrected chi connectivity index (χ1v) is 20.6. The zero-order valence-electron chi connectivity index (χ0n) is 26.4. The zero-order valence-corrected chi connectivity index (χ0v) is 31.2. The van der Waals surface area contributed by atoms with E-state index in [9.17, 15) is 0 Å². The fraction of sp³-hybridized carbons (Fsp3) is 0.632. The molecule has 232 valence electrons. The Kier molecular flexibility index (Phi) is 15.7. The standard InChI is InChI=1S/C38H54Br2S2/c1-3-5-7-9-11-13-15-17-19-21-23-29-25-33-35(39)28-32-31(37(33)41-29)27-36(40)34-26-30(42-38(32)34)24-22-20-18-16-14-12-10-8-6-4-2/h25-28H,3-24H2,1-2H3. The fourth-order valence-electron chi connectivity index (χ4n) is 6.40. The summed E-state index contributed by atoms with van der Waals surface area (Å²) in [5.74, 6) is 0. The number of benzene rings is 2. The van der Waals surface area contributed by atoms with Gasteiger partial charge in [0.15, 0.2) is 0 Å². The molecule has 2 heterocycles. The second-order valence-electron chi connectivity index (χ2n) is 12.6. The zero-order chi connectivity index (χ0) is 29.6. The molecule has 2 aromatic carbocycles. The number of hydrogen-bond acceptors (Lipinski definition) is 2. The van der Waals surface area contributed by atoms with Crippen LogP contribution in [0, 0.1) is 0 Å². The number of hydrogen-bond donors (Lipinski definition) is 0. The highest BCUT2D eigenvalue weighted by molar-refractivity contribution is 9.11. The Hall–Kier alpha value is -0.420. The van der Waals surface area contributed by atoms with Crippen LogP contribution in [0.2, 0.25) is 0 Å². The highest BCUT2D eigenvalue weighted by atomic mass is 79.9. The molecule has 0 nitrogen and oxygen atoms in total. The molecule has 0 unspecified atom stereocenters. The predicted molar refractivity (Wildman–Crippen MR) is 201 cm³/mol. The molecule has 4 rings (SSSR count). The molecule has 0 aliphatic carbocycles. The van der Waals surface area contributed by atoms with E-state index >= 15 is 0 Å². The van der Waals surface area contributed by atoms with Crippen LogP contribution in [0.15, 0.2) is 33.2 Å². The van der Waals surface area contributed by atoms with Crippen LogP contribution >= 0.6 is 54.5 Å². The summed E-state index contributed by atoms with van der Waals surface area (Å²) >= 11 is 12.0. The SMILES string of the molecule is CCCCCCCCCCCCc1cc2c(Br)cc3c(cc(Br)c4cc(CCCCCCCCCCCC)sc43)c2s1.